The summed E-state index contributed by atoms with van der Waals surface area (Å²) in [6.45, 7) is 0.628. The number of rotatable bonds is 7. The Hall–Kier alpha value is -2.49. The van der Waals surface area contributed by atoms with Crippen molar-refractivity contribution in [3.63, 3.8) is 0 Å². The summed E-state index contributed by atoms with van der Waals surface area (Å²) in [5.74, 6) is 1.57. The number of aryl methyl sites for hydroxylation is 1. The van der Waals surface area contributed by atoms with Gasteiger partial charge in [-0.1, -0.05) is 18.2 Å². The molecule has 0 fully saturated rings. The molecule has 22 heavy (non-hydrogen) atoms. The van der Waals surface area contributed by atoms with Crippen molar-refractivity contribution in [2.24, 2.45) is 0 Å². The maximum absolute atomic E-state index is 12.0. The number of amides is 1. The molecule has 0 saturated heterocycles. The number of benzene rings is 2. The maximum atomic E-state index is 12.0. The van der Waals surface area contributed by atoms with E-state index in [2.05, 4.69) is 5.32 Å². The van der Waals surface area contributed by atoms with Crippen LogP contribution < -0.4 is 14.8 Å². The van der Waals surface area contributed by atoms with Crippen LogP contribution in [0.1, 0.15) is 22.3 Å². The van der Waals surface area contributed by atoms with Crippen LogP contribution in [0, 0.1) is 0 Å². The summed E-state index contributed by atoms with van der Waals surface area (Å²) < 4.78 is 10.4. The zero-order chi connectivity index (χ0) is 15.8. The molecule has 0 radical (unpaired) electrons. The minimum Gasteiger partial charge on any atom is -0.497 e. The predicted molar refractivity (Wildman–Crippen MR) is 86.6 cm³/mol. The van der Waals surface area contributed by atoms with Crippen molar-refractivity contribution in [1.29, 1.82) is 0 Å². The van der Waals surface area contributed by atoms with Crippen LogP contribution in [0.2, 0.25) is 0 Å². The molecular weight excluding hydrogens is 278 g/mol. The highest BCUT2D eigenvalue weighted by atomic mass is 16.5. The molecule has 2 aromatic carbocycles. The number of nitrogens with one attached hydrogen (secondary N) is 1. The van der Waals surface area contributed by atoms with Crippen LogP contribution in [-0.2, 0) is 6.42 Å². The van der Waals surface area contributed by atoms with E-state index in [1.165, 1.54) is 0 Å². The Morgan fingerprint density at radius 2 is 1.73 bits per heavy atom. The first kappa shape index (κ1) is 15.9. The van der Waals surface area contributed by atoms with Crippen molar-refractivity contribution < 1.29 is 14.3 Å². The first-order valence-corrected chi connectivity index (χ1v) is 7.28. The van der Waals surface area contributed by atoms with Crippen molar-refractivity contribution >= 4 is 5.91 Å². The molecule has 0 aliphatic rings. The van der Waals surface area contributed by atoms with Gasteiger partial charge in [-0.05, 0) is 48.7 Å². The Labute approximate surface area is 131 Å². The van der Waals surface area contributed by atoms with Gasteiger partial charge in [0.05, 0.1) is 14.2 Å². The largest absolute Gasteiger partial charge is 0.497 e. The summed E-state index contributed by atoms with van der Waals surface area (Å²) in [4.78, 5) is 12.0. The highest BCUT2D eigenvalue weighted by molar-refractivity contribution is 5.94. The predicted octanol–water partition coefficient (Wildman–Crippen LogP) is 3.07. The molecule has 0 spiro atoms. The third-order valence-corrected chi connectivity index (χ3v) is 3.45. The minimum atomic E-state index is -0.0670. The Balaban J connectivity index is 1.79. The molecule has 0 aliphatic heterocycles. The minimum absolute atomic E-state index is 0.0670. The van der Waals surface area contributed by atoms with Crippen LogP contribution in [0.5, 0.6) is 11.5 Å². The van der Waals surface area contributed by atoms with Crippen LogP contribution in [0.3, 0.4) is 0 Å². The summed E-state index contributed by atoms with van der Waals surface area (Å²) >= 11 is 0. The average Bonchev–Trinajstić information content (AvgIpc) is 2.59. The molecular formula is C18H21NO3. The van der Waals surface area contributed by atoms with Crippen molar-refractivity contribution in [3.05, 3.63) is 59.7 Å². The summed E-state index contributed by atoms with van der Waals surface area (Å²) in [5.41, 5.74) is 1.79. The normalized spacial score (nSPS) is 10.1. The van der Waals surface area contributed by atoms with E-state index < -0.39 is 0 Å². The van der Waals surface area contributed by atoms with Crippen LogP contribution >= 0.6 is 0 Å². The molecule has 0 saturated carbocycles. The third kappa shape index (κ3) is 4.25. The number of carbonyl (C=O) groups is 1. The molecule has 116 valence electrons. The molecule has 0 bridgehead atoms. The number of para-hydroxylation sites is 1. The summed E-state index contributed by atoms with van der Waals surface area (Å²) in [6.07, 6.45) is 1.73. The first-order valence-electron chi connectivity index (χ1n) is 7.28. The second-order valence-electron chi connectivity index (χ2n) is 4.90. The van der Waals surface area contributed by atoms with Gasteiger partial charge in [0, 0.05) is 12.1 Å². The molecule has 4 heteroatoms. The molecule has 4 nitrogen and oxygen atoms in total. The van der Waals surface area contributed by atoms with Gasteiger partial charge in [0.25, 0.3) is 5.91 Å². The maximum Gasteiger partial charge on any atom is 0.251 e. The van der Waals surface area contributed by atoms with Gasteiger partial charge < -0.3 is 14.8 Å². The van der Waals surface area contributed by atoms with Crippen LogP contribution in [0.15, 0.2) is 48.5 Å². The molecule has 0 aliphatic carbocycles. The van der Waals surface area contributed by atoms with Gasteiger partial charge in [-0.15, -0.1) is 0 Å². The Kier molecular flexibility index (Phi) is 5.83. The zero-order valence-electron chi connectivity index (χ0n) is 13.0. The topological polar surface area (TPSA) is 47.6 Å². The van der Waals surface area contributed by atoms with E-state index in [1.807, 2.05) is 24.3 Å². The van der Waals surface area contributed by atoms with Gasteiger partial charge in [-0.3, -0.25) is 4.79 Å². The molecule has 1 amide bonds. The highest BCUT2D eigenvalue weighted by Crippen LogP contribution is 2.18. The van der Waals surface area contributed by atoms with Gasteiger partial charge in [-0.2, -0.15) is 0 Å². The lowest BCUT2D eigenvalue weighted by Crippen LogP contribution is -2.24. The zero-order valence-corrected chi connectivity index (χ0v) is 13.0. The number of methoxy groups -OCH3 is 2. The molecule has 0 unspecified atom stereocenters. The number of hydrogen-bond acceptors (Lipinski definition) is 3. The molecule has 1 N–H and O–H groups in total. The molecule has 0 aromatic heterocycles. The first-order chi connectivity index (χ1) is 10.7. The van der Waals surface area contributed by atoms with Crippen molar-refractivity contribution in [3.8, 4) is 11.5 Å². The summed E-state index contributed by atoms with van der Waals surface area (Å²) in [7, 11) is 3.28. The second kappa shape index (κ2) is 8.08. The Morgan fingerprint density at radius 1 is 1.00 bits per heavy atom. The Morgan fingerprint density at radius 3 is 2.41 bits per heavy atom. The number of carbonyl (C=O) groups excluding carboxylic acids is 1. The molecule has 0 heterocycles. The lowest BCUT2D eigenvalue weighted by Gasteiger charge is -2.09. The van der Waals surface area contributed by atoms with Gasteiger partial charge >= 0.3 is 0 Å². The molecule has 2 rings (SSSR count). The van der Waals surface area contributed by atoms with Gasteiger partial charge in [0.1, 0.15) is 11.5 Å². The van der Waals surface area contributed by atoms with E-state index in [1.54, 1.807) is 38.5 Å². The smallest absolute Gasteiger partial charge is 0.251 e. The Bertz CT molecular complexity index is 608. The number of hydrogen-bond donors (Lipinski definition) is 1. The monoisotopic (exact) mass is 299 g/mol. The summed E-state index contributed by atoms with van der Waals surface area (Å²) in [6, 6.07) is 15.0. The highest BCUT2D eigenvalue weighted by Gasteiger charge is 2.05. The van der Waals surface area contributed by atoms with E-state index in [4.69, 9.17) is 9.47 Å². The van der Waals surface area contributed by atoms with E-state index in [9.17, 15) is 4.79 Å². The SMILES string of the molecule is COc1ccc(C(=O)NCCCc2ccccc2OC)cc1. The van der Waals surface area contributed by atoms with E-state index in [0.29, 0.717) is 12.1 Å². The van der Waals surface area contributed by atoms with Gasteiger partial charge in [-0.25, -0.2) is 0 Å². The van der Waals surface area contributed by atoms with Crippen molar-refractivity contribution in [2.75, 3.05) is 20.8 Å². The molecule has 2 aromatic rings. The fourth-order valence-electron chi connectivity index (χ4n) is 2.23. The van der Waals surface area contributed by atoms with E-state index >= 15 is 0 Å². The fourth-order valence-corrected chi connectivity index (χ4v) is 2.23. The van der Waals surface area contributed by atoms with Crippen LogP contribution in [0.4, 0.5) is 0 Å². The quantitative estimate of drug-likeness (QED) is 0.799. The molecule has 0 atom stereocenters. The van der Waals surface area contributed by atoms with Crippen LogP contribution in [0.25, 0.3) is 0 Å². The standard InChI is InChI=1S/C18H21NO3/c1-21-16-11-9-15(10-12-16)18(20)19-13-5-7-14-6-3-4-8-17(14)22-2/h3-4,6,8-12H,5,7,13H2,1-2H3,(H,19,20). The lowest BCUT2D eigenvalue weighted by atomic mass is 10.1. The van der Waals surface area contributed by atoms with Crippen molar-refractivity contribution in [2.45, 2.75) is 12.8 Å². The lowest BCUT2D eigenvalue weighted by molar-refractivity contribution is 0.0953. The van der Waals surface area contributed by atoms with Gasteiger partial charge in [0.2, 0.25) is 0 Å². The van der Waals surface area contributed by atoms with Gasteiger partial charge in [0.15, 0.2) is 0 Å². The second-order valence-corrected chi connectivity index (χ2v) is 4.90. The third-order valence-electron chi connectivity index (χ3n) is 3.45. The average molecular weight is 299 g/mol. The summed E-state index contributed by atoms with van der Waals surface area (Å²) in [5, 5.41) is 2.92. The van der Waals surface area contributed by atoms with Crippen LogP contribution in [-0.4, -0.2) is 26.7 Å². The van der Waals surface area contributed by atoms with Crippen molar-refractivity contribution in [1.82, 2.24) is 5.32 Å². The number of ether oxygens (including phenoxy) is 2. The fraction of sp³-hybridized carbons (Fsp3) is 0.278. The van der Waals surface area contributed by atoms with E-state index in [0.717, 1.165) is 29.9 Å². The van der Waals surface area contributed by atoms with E-state index in [-0.39, 0.29) is 5.91 Å².